The smallest absolute Gasteiger partial charge is 0.115 e. The zero-order chi connectivity index (χ0) is 10.7. The van der Waals surface area contributed by atoms with Crippen LogP contribution < -0.4 is 5.32 Å². The minimum atomic E-state index is 0.318. The Hall–Kier alpha value is -1.22. The molecule has 0 radical (unpaired) electrons. The predicted molar refractivity (Wildman–Crippen MR) is 62.2 cm³/mol. The van der Waals surface area contributed by atoms with Gasteiger partial charge in [-0.2, -0.15) is 0 Å². The van der Waals surface area contributed by atoms with Crippen LogP contribution in [0.1, 0.15) is 12.8 Å². The Labute approximate surface area is 90.7 Å². The lowest BCUT2D eigenvalue weighted by molar-refractivity contribution is 0.322. The van der Waals surface area contributed by atoms with E-state index in [1.54, 1.807) is 12.1 Å². The molecule has 82 valence electrons. The fourth-order valence-electron chi connectivity index (χ4n) is 2.05. The van der Waals surface area contributed by atoms with E-state index in [0.29, 0.717) is 11.8 Å². The molecule has 1 atom stereocenters. The van der Waals surface area contributed by atoms with Gasteiger partial charge in [0.05, 0.1) is 0 Å². The largest absolute Gasteiger partial charge is 0.508 e. The standard InChI is InChI=1S/C12H18N2O/c1-14-8-2-3-11(14)9-13-10-4-6-12(15)7-5-10/h4-7,11,13,15H,2-3,8-9H2,1H3. The van der Waals surface area contributed by atoms with Crippen LogP contribution in [0, 0.1) is 0 Å². The van der Waals surface area contributed by atoms with E-state index in [-0.39, 0.29) is 0 Å². The third-order valence-corrected chi connectivity index (χ3v) is 3.08. The van der Waals surface area contributed by atoms with Crippen LogP contribution in [-0.2, 0) is 0 Å². The lowest BCUT2D eigenvalue weighted by Gasteiger charge is -2.20. The third-order valence-electron chi connectivity index (χ3n) is 3.08. The number of phenols is 1. The van der Waals surface area contributed by atoms with Crippen molar-refractivity contribution in [3.8, 4) is 5.75 Å². The fraction of sp³-hybridized carbons (Fsp3) is 0.500. The number of likely N-dealkylation sites (tertiary alicyclic amines) is 1. The monoisotopic (exact) mass is 206 g/mol. The number of hydrogen-bond acceptors (Lipinski definition) is 3. The third kappa shape index (κ3) is 2.63. The molecule has 15 heavy (non-hydrogen) atoms. The maximum Gasteiger partial charge on any atom is 0.115 e. The summed E-state index contributed by atoms with van der Waals surface area (Å²) in [5.74, 6) is 0.318. The second-order valence-corrected chi connectivity index (χ2v) is 4.20. The van der Waals surface area contributed by atoms with Gasteiger partial charge < -0.3 is 15.3 Å². The van der Waals surface area contributed by atoms with Crippen molar-refractivity contribution in [3.63, 3.8) is 0 Å². The zero-order valence-corrected chi connectivity index (χ0v) is 9.11. The molecule has 1 aromatic carbocycles. The van der Waals surface area contributed by atoms with Gasteiger partial charge in [-0.3, -0.25) is 0 Å². The van der Waals surface area contributed by atoms with E-state index < -0.39 is 0 Å². The summed E-state index contributed by atoms with van der Waals surface area (Å²) in [6.45, 7) is 2.20. The van der Waals surface area contributed by atoms with Crippen molar-refractivity contribution in [3.05, 3.63) is 24.3 Å². The molecule has 1 aromatic rings. The van der Waals surface area contributed by atoms with Gasteiger partial charge in [-0.15, -0.1) is 0 Å². The zero-order valence-electron chi connectivity index (χ0n) is 9.11. The molecule has 0 amide bonds. The Balaban J connectivity index is 1.85. The van der Waals surface area contributed by atoms with Crippen LogP contribution in [0.15, 0.2) is 24.3 Å². The molecule has 2 rings (SSSR count). The van der Waals surface area contributed by atoms with Gasteiger partial charge in [-0.25, -0.2) is 0 Å². The molecule has 0 spiro atoms. The predicted octanol–water partition coefficient (Wildman–Crippen LogP) is 1.90. The SMILES string of the molecule is CN1CCCC1CNc1ccc(O)cc1. The van der Waals surface area contributed by atoms with E-state index in [9.17, 15) is 0 Å². The molecule has 1 saturated heterocycles. The van der Waals surface area contributed by atoms with Gasteiger partial charge in [0.15, 0.2) is 0 Å². The molecule has 1 aliphatic rings. The highest BCUT2D eigenvalue weighted by Gasteiger charge is 2.19. The van der Waals surface area contributed by atoms with Crippen LogP contribution in [0.2, 0.25) is 0 Å². The molecule has 3 nitrogen and oxygen atoms in total. The number of phenolic OH excluding ortho intramolecular Hbond substituents is 1. The highest BCUT2D eigenvalue weighted by Crippen LogP contribution is 2.17. The lowest BCUT2D eigenvalue weighted by atomic mass is 10.2. The Kier molecular flexibility index (Phi) is 3.11. The van der Waals surface area contributed by atoms with Gasteiger partial charge in [0, 0.05) is 18.3 Å². The Morgan fingerprint density at radius 1 is 1.40 bits per heavy atom. The van der Waals surface area contributed by atoms with Crippen LogP contribution in [0.4, 0.5) is 5.69 Å². The molecule has 3 heteroatoms. The molecule has 1 unspecified atom stereocenters. The van der Waals surface area contributed by atoms with Gasteiger partial charge in [-0.1, -0.05) is 0 Å². The molecule has 1 aliphatic heterocycles. The van der Waals surface area contributed by atoms with Crippen molar-refractivity contribution in [1.29, 1.82) is 0 Å². The summed E-state index contributed by atoms with van der Waals surface area (Å²) in [5.41, 5.74) is 1.08. The highest BCUT2D eigenvalue weighted by molar-refractivity contribution is 5.46. The summed E-state index contributed by atoms with van der Waals surface area (Å²) in [6.07, 6.45) is 2.58. The Bertz CT molecular complexity index is 310. The second kappa shape index (κ2) is 4.53. The average Bonchev–Trinajstić information content (AvgIpc) is 2.63. The molecule has 1 heterocycles. The van der Waals surface area contributed by atoms with Crippen molar-refractivity contribution < 1.29 is 5.11 Å². The van der Waals surface area contributed by atoms with Gasteiger partial charge in [0.1, 0.15) is 5.75 Å². The fourth-order valence-corrected chi connectivity index (χ4v) is 2.05. The summed E-state index contributed by atoms with van der Waals surface area (Å²) in [7, 11) is 2.18. The summed E-state index contributed by atoms with van der Waals surface area (Å²) >= 11 is 0. The van der Waals surface area contributed by atoms with Crippen LogP contribution >= 0.6 is 0 Å². The van der Waals surface area contributed by atoms with Crippen molar-refractivity contribution in [2.24, 2.45) is 0 Å². The van der Waals surface area contributed by atoms with Gasteiger partial charge in [-0.05, 0) is 50.7 Å². The normalized spacial score (nSPS) is 21.8. The molecule has 1 fully saturated rings. The highest BCUT2D eigenvalue weighted by atomic mass is 16.3. The molecule has 0 bridgehead atoms. The summed E-state index contributed by atoms with van der Waals surface area (Å²) < 4.78 is 0. The van der Waals surface area contributed by atoms with Crippen LogP contribution in [0.5, 0.6) is 5.75 Å². The Morgan fingerprint density at radius 2 is 2.13 bits per heavy atom. The van der Waals surface area contributed by atoms with Crippen LogP contribution in [0.3, 0.4) is 0 Å². The Morgan fingerprint density at radius 3 is 2.73 bits per heavy atom. The van der Waals surface area contributed by atoms with E-state index in [1.165, 1.54) is 19.4 Å². The van der Waals surface area contributed by atoms with E-state index in [0.717, 1.165) is 12.2 Å². The number of nitrogens with one attached hydrogen (secondary N) is 1. The van der Waals surface area contributed by atoms with Crippen molar-refractivity contribution in [2.75, 3.05) is 25.5 Å². The molecule has 0 aliphatic carbocycles. The number of rotatable bonds is 3. The van der Waals surface area contributed by atoms with Crippen molar-refractivity contribution in [2.45, 2.75) is 18.9 Å². The van der Waals surface area contributed by atoms with Gasteiger partial charge >= 0.3 is 0 Å². The molecular formula is C12H18N2O. The first kappa shape index (κ1) is 10.3. The summed E-state index contributed by atoms with van der Waals surface area (Å²) in [6, 6.07) is 7.88. The second-order valence-electron chi connectivity index (χ2n) is 4.20. The maximum absolute atomic E-state index is 9.14. The number of aromatic hydroxyl groups is 1. The number of nitrogens with zero attached hydrogens (tertiary/aromatic N) is 1. The quantitative estimate of drug-likeness (QED) is 0.741. The van der Waals surface area contributed by atoms with Crippen LogP contribution in [-0.4, -0.2) is 36.2 Å². The summed E-state index contributed by atoms with van der Waals surface area (Å²) in [5, 5.41) is 12.5. The summed E-state index contributed by atoms with van der Waals surface area (Å²) in [4.78, 5) is 2.40. The van der Waals surface area contributed by atoms with E-state index in [2.05, 4.69) is 17.3 Å². The molecule has 0 aromatic heterocycles. The average molecular weight is 206 g/mol. The lowest BCUT2D eigenvalue weighted by Crippen LogP contribution is -2.31. The molecular weight excluding hydrogens is 188 g/mol. The number of likely N-dealkylation sites (N-methyl/N-ethyl adjacent to an activating group) is 1. The molecule has 2 N–H and O–H groups in total. The van der Waals surface area contributed by atoms with Crippen molar-refractivity contribution >= 4 is 5.69 Å². The minimum absolute atomic E-state index is 0.318. The van der Waals surface area contributed by atoms with E-state index >= 15 is 0 Å². The first-order chi connectivity index (χ1) is 7.25. The number of hydrogen-bond donors (Lipinski definition) is 2. The topological polar surface area (TPSA) is 35.5 Å². The van der Waals surface area contributed by atoms with Gasteiger partial charge in [0.2, 0.25) is 0 Å². The first-order valence-electron chi connectivity index (χ1n) is 5.49. The van der Waals surface area contributed by atoms with E-state index in [1.807, 2.05) is 12.1 Å². The first-order valence-corrected chi connectivity index (χ1v) is 5.49. The number of anilines is 1. The van der Waals surface area contributed by atoms with Crippen molar-refractivity contribution in [1.82, 2.24) is 4.90 Å². The maximum atomic E-state index is 9.14. The van der Waals surface area contributed by atoms with Crippen LogP contribution in [0.25, 0.3) is 0 Å². The number of benzene rings is 1. The van der Waals surface area contributed by atoms with Gasteiger partial charge in [0.25, 0.3) is 0 Å². The van der Waals surface area contributed by atoms with E-state index in [4.69, 9.17) is 5.11 Å². The minimum Gasteiger partial charge on any atom is -0.508 e. The molecule has 0 saturated carbocycles.